The molecule has 2 N–H and O–H groups in total. The minimum absolute atomic E-state index is 0.00835. The molecule has 2 amide bonds. The topological polar surface area (TPSA) is 61.4 Å². The van der Waals surface area contributed by atoms with Gasteiger partial charge in [0.05, 0.1) is 5.92 Å². The third-order valence-corrected chi connectivity index (χ3v) is 4.54. The highest BCUT2D eigenvalue weighted by molar-refractivity contribution is 6.35. The Labute approximate surface area is 138 Å². The van der Waals surface area contributed by atoms with Gasteiger partial charge in [-0.1, -0.05) is 23.2 Å². The van der Waals surface area contributed by atoms with Crippen LogP contribution in [0.4, 0.5) is 5.69 Å². The molecule has 5 nitrogen and oxygen atoms in total. The zero-order valence-corrected chi connectivity index (χ0v) is 13.5. The number of nitrogens with one attached hydrogen (secondary N) is 2. The van der Waals surface area contributed by atoms with E-state index in [2.05, 4.69) is 10.6 Å². The van der Waals surface area contributed by atoms with E-state index in [1.807, 2.05) is 0 Å². The van der Waals surface area contributed by atoms with Gasteiger partial charge in [0.1, 0.15) is 6.04 Å². The quantitative estimate of drug-likeness (QED) is 0.885. The number of benzene rings is 1. The van der Waals surface area contributed by atoms with Crippen LogP contribution >= 0.6 is 23.2 Å². The van der Waals surface area contributed by atoms with Gasteiger partial charge < -0.3 is 15.5 Å². The molecule has 0 aliphatic carbocycles. The summed E-state index contributed by atoms with van der Waals surface area (Å²) in [7, 11) is 0. The van der Waals surface area contributed by atoms with E-state index in [1.165, 1.54) is 0 Å². The Hall–Kier alpha value is -1.30. The minimum atomic E-state index is -0.411. The van der Waals surface area contributed by atoms with Gasteiger partial charge in [0, 0.05) is 35.4 Å². The summed E-state index contributed by atoms with van der Waals surface area (Å²) in [6.45, 7) is 2.05. The molecule has 0 spiro atoms. The van der Waals surface area contributed by atoms with Crippen LogP contribution < -0.4 is 10.6 Å². The largest absolute Gasteiger partial charge is 0.330 e. The molecule has 3 rings (SSSR count). The van der Waals surface area contributed by atoms with Crippen LogP contribution in [-0.2, 0) is 9.59 Å². The summed E-state index contributed by atoms with van der Waals surface area (Å²) < 4.78 is 0. The van der Waals surface area contributed by atoms with E-state index in [0.717, 1.165) is 6.42 Å². The molecule has 1 unspecified atom stereocenters. The SMILES string of the molecule is O=C(Nc1cc(Cl)cc(Cl)c1)C1CCCN1C(=O)C1CNC1. The Balaban J connectivity index is 1.69. The second-order valence-electron chi connectivity index (χ2n) is 5.69. The molecular weight excluding hydrogens is 325 g/mol. The van der Waals surface area contributed by atoms with Crippen molar-refractivity contribution in [3.8, 4) is 0 Å². The summed E-state index contributed by atoms with van der Waals surface area (Å²) in [4.78, 5) is 26.5. The van der Waals surface area contributed by atoms with Crippen LogP contribution in [0.5, 0.6) is 0 Å². The van der Waals surface area contributed by atoms with E-state index in [9.17, 15) is 9.59 Å². The highest BCUT2D eigenvalue weighted by atomic mass is 35.5. The Morgan fingerprint density at radius 1 is 1.18 bits per heavy atom. The summed E-state index contributed by atoms with van der Waals surface area (Å²) in [5.74, 6) is -0.106. The molecule has 1 aromatic rings. The molecule has 2 heterocycles. The maximum atomic E-state index is 12.5. The van der Waals surface area contributed by atoms with E-state index in [-0.39, 0.29) is 17.7 Å². The first-order valence-electron chi connectivity index (χ1n) is 7.33. The summed E-state index contributed by atoms with van der Waals surface area (Å²) in [5, 5.41) is 6.81. The zero-order valence-electron chi connectivity index (χ0n) is 11.9. The van der Waals surface area contributed by atoms with Gasteiger partial charge in [0.2, 0.25) is 11.8 Å². The standard InChI is InChI=1S/C15H17Cl2N3O2/c16-10-4-11(17)6-12(5-10)19-14(21)13-2-1-3-20(13)15(22)9-7-18-8-9/h4-6,9,13,18H,1-3,7-8H2,(H,19,21). The molecule has 2 aliphatic rings. The molecule has 1 atom stereocenters. The van der Waals surface area contributed by atoms with Crippen LogP contribution in [0, 0.1) is 5.92 Å². The number of anilines is 1. The lowest BCUT2D eigenvalue weighted by Gasteiger charge is -2.32. The van der Waals surface area contributed by atoms with E-state index in [0.29, 0.717) is 41.8 Å². The molecule has 0 bridgehead atoms. The molecule has 0 saturated carbocycles. The fraction of sp³-hybridized carbons (Fsp3) is 0.467. The van der Waals surface area contributed by atoms with Gasteiger partial charge in [-0.25, -0.2) is 0 Å². The van der Waals surface area contributed by atoms with Crippen molar-refractivity contribution in [2.75, 3.05) is 25.0 Å². The maximum Gasteiger partial charge on any atom is 0.247 e. The Kier molecular flexibility index (Phi) is 4.57. The van der Waals surface area contributed by atoms with Crippen LogP contribution in [0.15, 0.2) is 18.2 Å². The van der Waals surface area contributed by atoms with Crippen molar-refractivity contribution in [3.05, 3.63) is 28.2 Å². The lowest BCUT2D eigenvalue weighted by atomic mass is 10.0. The first-order valence-corrected chi connectivity index (χ1v) is 8.08. The van der Waals surface area contributed by atoms with E-state index < -0.39 is 6.04 Å². The van der Waals surface area contributed by atoms with Crippen molar-refractivity contribution in [1.29, 1.82) is 0 Å². The number of rotatable bonds is 3. The number of carbonyl (C=O) groups is 2. The van der Waals surface area contributed by atoms with Crippen LogP contribution in [0.25, 0.3) is 0 Å². The molecule has 0 aromatic heterocycles. The van der Waals surface area contributed by atoms with Crippen LogP contribution in [-0.4, -0.2) is 42.4 Å². The van der Waals surface area contributed by atoms with Crippen molar-refractivity contribution in [2.45, 2.75) is 18.9 Å². The molecule has 2 saturated heterocycles. The number of hydrogen-bond acceptors (Lipinski definition) is 3. The zero-order chi connectivity index (χ0) is 15.7. The number of nitrogens with zero attached hydrogens (tertiary/aromatic N) is 1. The molecule has 118 valence electrons. The second-order valence-corrected chi connectivity index (χ2v) is 6.57. The average molecular weight is 342 g/mol. The maximum absolute atomic E-state index is 12.5. The third-order valence-electron chi connectivity index (χ3n) is 4.10. The van der Waals surface area contributed by atoms with Crippen molar-refractivity contribution in [1.82, 2.24) is 10.2 Å². The lowest BCUT2D eigenvalue weighted by Crippen LogP contribution is -2.54. The summed E-state index contributed by atoms with van der Waals surface area (Å²) >= 11 is 11.9. The number of amides is 2. The Bertz CT molecular complexity index is 584. The number of halogens is 2. The first-order chi connectivity index (χ1) is 10.5. The highest BCUT2D eigenvalue weighted by Gasteiger charge is 2.38. The van der Waals surface area contributed by atoms with Gasteiger partial charge >= 0.3 is 0 Å². The van der Waals surface area contributed by atoms with Gasteiger partial charge in [0.25, 0.3) is 0 Å². The minimum Gasteiger partial charge on any atom is -0.330 e. The lowest BCUT2D eigenvalue weighted by molar-refractivity contribution is -0.141. The van der Waals surface area contributed by atoms with E-state index >= 15 is 0 Å². The first kappa shape index (κ1) is 15.6. The van der Waals surface area contributed by atoms with Gasteiger partial charge in [0.15, 0.2) is 0 Å². The second kappa shape index (κ2) is 6.44. The smallest absolute Gasteiger partial charge is 0.247 e. The molecular formula is C15H17Cl2N3O2. The van der Waals surface area contributed by atoms with Gasteiger partial charge in [-0.05, 0) is 31.0 Å². The van der Waals surface area contributed by atoms with Crippen LogP contribution in [0.2, 0.25) is 10.0 Å². The predicted molar refractivity (Wildman–Crippen MR) is 86.2 cm³/mol. The molecule has 2 aliphatic heterocycles. The summed E-state index contributed by atoms with van der Waals surface area (Å²) in [6, 6.07) is 4.48. The van der Waals surface area contributed by atoms with Gasteiger partial charge in [-0.3, -0.25) is 9.59 Å². The molecule has 1 aromatic carbocycles. The van der Waals surface area contributed by atoms with Crippen LogP contribution in [0.3, 0.4) is 0 Å². The normalized spacial score (nSPS) is 21.5. The van der Waals surface area contributed by atoms with E-state index in [1.54, 1.807) is 23.1 Å². The molecule has 22 heavy (non-hydrogen) atoms. The summed E-state index contributed by atoms with van der Waals surface area (Å²) in [5.41, 5.74) is 0.548. The summed E-state index contributed by atoms with van der Waals surface area (Å²) in [6.07, 6.45) is 1.53. The fourth-order valence-corrected chi connectivity index (χ4v) is 3.38. The molecule has 7 heteroatoms. The number of likely N-dealkylation sites (tertiary alicyclic amines) is 1. The fourth-order valence-electron chi connectivity index (χ4n) is 2.85. The molecule has 0 radical (unpaired) electrons. The third kappa shape index (κ3) is 3.21. The van der Waals surface area contributed by atoms with Gasteiger partial charge in [-0.15, -0.1) is 0 Å². The number of carbonyl (C=O) groups excluding carboxylic acids is 2. The van der Waals surface area contributed by atoms with Crippen molar-refractivity contribution in [3.63, 3.8) is 0 Å². The monoisotopic (exact) mass is 341 g/mol. The molecule has 2 fully saturated rings. The van der Waals surface area contributed by atoms with Crippen molar-refractivity contribution >= 4 is 40.7 Å². The van der Waals surface area contributed by atoms with Crippen LogP contribution in [0.1, 0.15) is 12.8 Å². The van der Waals surface area contributed by atoms with Gasteiger partial charge in [-0.2, -0.15) is 0 Å². The highest BCUT2D eigenvalue weighted by Crippen LogP contribution is 2.25. The van der Waals surface area contributed by atoms with E-state index in [4.69, 9.17) is 23.2 Å². The number of hydrogen-bond donors (Lipinski definition) is 2. The van der Waals surface area contributed by atoms with Crippen molar-refractivity contribution < 1.29 is 9.59 Å². The Morgan fingerprint density at radius 3 is 2.45 bits per heavy atom. The van der Waals surface area contributed by atoms with Crippen molar-refractivity contribution in [2.24, 2.45) is 5.92 Å². The Morgan fingerprint density at radius 2 is 1.86 bits per heavy atom. The predicted octanol–water partition coefficient (Wildman–Crippen LogP) is 2.14. The average Bonchev–Trinajstić information content (AvgIpc) is 2.84.